The Morgan fingerprint density at radius 1 is 1.45 bits per heavy atom. The number of anilines is 1. The zero-order valence-electron chi connectivity index (χ0n) is 11.6. The number of aromatic nitrogens is 2. The number of hydrogen-bond acceptors (Lipinski definition) is 4. The molecule has 2 aromatic rings. The second kappa shape index (κ2) is 5.66. The van der Waals surface area contributed by atoms with Crippen molar-refractivity contribution in [3.05, 3.63) is 39.8 Å². The molecule has 2 N–H and O–H groups in total. The first-order valence-electron chi connectivity index (χ1n) is 6.24. The maximum Gasteiger partial charge on any atom is 0.360 e. The molecule has 0 radical (unpaired) electrons. The molecule has 5 nitrogen and oxygen atoms in total. The van der Waals surface area contributed by atoms with E-state index >= 15 is 0 Å². The molecule has 0 spiro atoms. The van der Waals surface area contributed by atoms with Crippen LogP contribution in [0, 0.1) is 13.8 Å². The molecule has 0 atom stereocenters. The lowest BCUT2D eigenvalue weighted by Gasteiger charge is -2.11. The molecule has 0 fully saturated rings. The average molecular weight is 338 g/mol. The first-order valence-corrected chi connectivity index (χ1v) is 7.03. The van der Waals surface area contributed by atoms with Crippen LogP contribution in [0.15, 0.2) is 22.7 Å². The van der Waals surface area contributed by atoms with Gasteiger partial charge in [-0.25, -0.2) is 9.78 Å². The Balaban J connectivity index is 2.58. The van der Waals surface area contributed by atoms with Gasteiger partial charge in [-0.05, 0) is 54.4 Å². The summed E-state index contributed by atoms with van der Waals surface area (Å²) in [6, 6.07) is 5.90. The monoisotopic (exact) mass is 337 g/mol. The number of nitrogens with two attached hydrogens (primary N) is 1. The van der Waals surface area contributed by atoms with E-state index in [1.165, 1.54) is 0 Å². The van der Waals surface area contributed by atoms with Crippen molar-refractivity contribution in [2.24, 2.45) is 0 Å². The maximum absolute atomic E-state index is 11.8. The van der Waals surface area contributed by atoms with Crippen LogP contribution >= 0.6 is 15.9 Å². The third-order valence-corrected chi connectivity index (χ3v) is 3.56. The zero-order chi connectivity index (χ0) is 14.9. The van der Waals surface area contributed by atoms with Crippen LogP contribution < -0.4 is 5.73 Å². The molecule has 1 aromatic carbocycles. The Labute approximate surface area is 125 Å². The minimum absolute atomic E-state index is 0.151. The minimum atomic E-state index is -0.504. The summed E-state index contributed by atoms with van der Waals surface area (Å²) in [5.74, 6) is 0.416. The largest absolute Gasteiger partial charge is 0.461 e. The maximum atomic E-state index is 11.8. The van der Waals surface area contributed by atoms with Gasteiger partial charge in [0.05, 0.1) is 12.3 Å². The number of carbonyl (C=O) groups excluding carboxylic acids is 1. The van der Waals surface area contributed by atoms with E-state index in [9.17, 15) is 4.79 Å². The lowest BCUT2D eigenvalue weighted by molar-refractivity contribution is 0.0521. The van der Waals surface area contributed by atoms with E-state index in [4.69, 9.17) is 10.5 Å². The predicted molar refractivity (Wildman–Crippen MR) is 81.1 cm³/mol. The van der Waals surface area contributed by atoms with Gasteiger partial charge in [-0.2, -0.15) is 0 Å². The van der Waals surface area contributed by atoms with Gasteiger partial charge < -0.3 is 10.5 Å². The third kappa shape index (κ3) is 2.56. The van der Waals surface area contributed by atoms with Crippen LogP contribution in [0.4, 0.5) is 5.82 Å². The van der Waals surface area contributed by atoms with Crippen LogP contribution in [0.5, 0.6) is 0 Å². The molecule has 1 aromatic heterocycles. The SMILES string of the molecule is CCOC(=O)c1nc(C)n(-c2cc(C)ccc2Br)c1N. The number of rotatable bonds is 3. The van der Waals surface area contributed by atoms with Gasteiger partial charge >= 0.3 is 5.97 Å². The Kier molecular flexibility index (Phi) is 4.13. The molecular weight excluding hydrogens is 322 g/mol. The number of aryl methyl sites for hydroxylation is 2. The highest BCUT2D eigenvalue weighted by molar-refractivity contribution is 9.10. The quantitative estimate of drug-likeness (QED) is 0.874. The van der Waals surface area contributed by atoms with E-state index in [1.807, 2.05) is 25.1 Å². The van der Waals surface area contributed by atoms with Crippen LogP contribution in [0.1, 0.15) is 28.8 Å². The van der Waals surface area contributed by atoms with Crippen molar-refractivity contribution in [1.82, 2.24) is 9.55 Å². The number of carbonyl (C=O) groups is 1. The summed E-state index contributed by atoms with van der Waals surface area (Å²) in [6.07, 6.45) is 0. The fourth-order valence-corrected chi connectivity index (χ4v) is 2.42. The average Bonchev–Trinajstić information content (AvgIpc) is 2.68. The highest BCUT2D eigenvalue weighted by atomic mass is 79.9. The van der Waals surface area contributed by atoms with Crippen LogP contribution in [-0.2, 0) is 4.74 Å². The normalized spacial score (nSPS) is 10.6. The molecule has 2 rings (SSSR count). The van der Waals surface area contributed by atoms with E-state index in [-0.39, 0.29) is 11.5 Å². The number of halogens is 1. The lowest BCUT2D eigenvalue weighted by Crippen LogP contribution is -2.09. The lowest BCUT2D eigenvalue weighted by atomic mass is 10.2. The molecule has 0 aliphatic rings. The van der Waals surface area contributed by atoms with Gasteiger partial charge in [0.2, 0.25) is 0 Å². The summed E-state index contributed by atoms with van der Waals surface area (Å²) in [5, 5.41) is 0. The Bertz CT molecular complexity index is 665. The highest BCUT2D eigenvalue weighted by Gasteiger charge is 2.21. The van der Waals surface area contributed by atoms with Gasteiger partial charge in [-0.15, -0.1) is 0 Å². The summed E-state index contributed by atoms with van der Waals surface area (Å²) in [6.45, 7) is 5.83. The fourth-order valence-electron chi connectivity index (χ4n) is 2.00. The minimum Gasteiger partial charge on any atom is -0.461 e. The van der Waals surface area contributed by atoms with Crippen molar-refractivity contribution in [3.8, 4) is 5.69 Å². The molecule has 0 amide bonds. The standard InChI is InChI=1S/C14H16BrN3O2/c1-4-20-14(19)12-13(16)18(9(3)17-12)11-7-8(2)5-6-10(11)15/h5-7H,4,16H2,1-3H3. The number of hydrogen-bond donors (Lipinski definition) is 1. The van der Waals surface area contributed by atoms with E-state index < -0.39 is 5.97 Å². The van der Waals surface area contributed by atoms with E-state index in [1.54, 1.807) is 18.4 Å². The van der Waals surface area contributed by atoms with Crippen molar-refractivity contribution >= 4 is 27.7 Å². The summed E-state index contributed by atoms with van der Waals surface area (Å²) >= 11 is 3.49. The second-order valence-electron chi connectivity index (χ2n) is 4.40. The van der Waals surface area contributed by atoms with E-state index in [0.29, 0.717) is 12.4 Å². The van der Waals surface area contributed by atoms with Crippen molar-refractivity contribution in [3.63, 3.8) is 0 Å². The van der Waals surface area contributed by atoms with Gasteiger partial charge in [0.1, 0.15) is 11.6 Å². The molecule has 0 aliphatic carbocycles. The number of ether oxygens (including phenoxy) is 1. The van der Waals surface area contributed by atoms with Crippen molar-refractivity contribution in [2.75, 3.05) is 12.3 Å². The number of benzene rings is 1. The van der Waals surface area contributed by atoms with Gasteiger partial charge in [-0.3, -0.25) is 4.57 Å². The summed E-state index contributed by atoms with van der Waals surface area (Å²) < 4.78 is 7.58. The van der Waals surface area contributed by atoms with E-state index in [0.717, 1.165) is 15.7 Å². The molecule has 20 heavy (non-hydrogen) atoms. The van der Waals surface area contributed by atoms with Crippen LogP contribution in [0.3, 0.4) is 0 Å². The zero-order valence-corrected chi connectivity index (χ0v) is 13.2. The van der Waals surface area contributed by atoms with Crippen LogP contribution in [0.2, 0.25) is 0 Å². The number of esters is 1. The first kappa shape index (κ1) is 14.6. The van der Waals surface area contributed by atoms with Crippen molar-refractivity contribution in [2.45, 2.75) is 20.8 Å². The Morgan fingerprint density at radius 3 is 2.80 bits per heavy atom. The molecule has 1 heterocycles. The van der Waals surface area contributed by atoms with Gasteiger partial charge in [0.25, 0.3) is 0 Å². The number of imidazole rings is 1. The molecule has 0 unspecified atom stereocenters. The van der Waals surface area contributed by atoms with Crippen LogP contribution in [-0.4, -0.2) is 22.1 Å². The molecule has 0 aliphatic heterocycles. The molecule has 0 saturated heterocycles. The second-order valence-corrected chi connectivity index (χ2v) is 5.26. The van der Waals surface area contributed by atoms with E-state index in [2.05, 4.69) is 20.9 Å². The summed E-state index contributed by atoms with van der Waals surface area (Å²) in [5.41, 5.74) is 8.16. The first-order chi connectivity index (χ1) is 9.45. The molecular formula is C14H16BrN3O2. The Morgan fingerprint density at radius 2 is 2.15 bits per heavy atom. The topological polar surface area (TPSA) is 70.1 Å². The van der Waals surface area contributed by atoms with Gasteiger partial charge in [-0.1, -0.05) is 6.07 Å². The van der Waals surface area contributed by atoms with Crippen LogP contribution in [0.25, 0.3) is 5.69 Å². The van der Waals surface area contributed by atoms with Crippen molar-refractivity contribution in [1.29, 1.82) is 0 Å². The molecule has 0 bridgehead atoms. The smallest absolute Gasteiger partial charge is 0.360 e. The fraction of sp³-hybridized carbons (Fsp3) is 0.286. The summed E-state index contributed by atoms with van der Waals surface area (Å²) in [4.78, 5) is 16.0. The third-order valence-electron chi connectivity index (χ3n) is 2.89. The van der Waals surface area contributed by atoms with Gasteiger partial charge in [0, 0.05) is 4.47 Å². The van der Waals surface area contributed by atoms with Gasteiger partial charge in [0.15, 0.2) is 5.69 Å². The van der Waals surface area contributed by atoms with Crippen molar-refractivity contribution < 1.29 is 9.53 Å². The number of nitrogen functional groups attached to an aromatic ring is 1. The number of nitrogens with zero attached hydrogens (tertiary/aromatic N) is 2. The Hall–Kier alpha value is -1.82. The summed E-state index contributed by atoms with van der Waals surface area (Å²) in [7, 11) is 0. The predicted octanol–water partition coefficient (Wildman–Crippen LogP) is 3.01. The molecule has 0 saturated carbocycles. The molecule has 6 heteroatoms. The highest BCUT2D eigenvalue weighted by Crippen LogP contribution is 2.28. The molecule has 106 valence electrons.